The van der Waals surface area contributed by atoms with Gasteiger partial charge in [0.25, 0.3) is 0 Å². The number of carboxylic acid groups (broad SMARTS) is 1. The second kappa shape index (κ2) is 4.58. The van der Waals surface area contributed by atoms with E-state index in [9.17, 15) is 9.59 Å². The van der Waals surface area contributed by atoms with Crippen LogP contribution < -0.4 is 4.90 Å². The molecule has 110 valence electrons. The highest BCUT2D eigenvalue weighted by Crippen LogP contribution is 2.49. The Balaban J connectivity index is 1.60. The molecule has 1 N–H and O–H groups in total. The van der Waals surface area contributed by atoms with Gasteiger partial charge in [0.1, 0.15) is 0 Å². The number of benzene rings is 1. The summed E-state index contributed by atoms with van der Waals surface area (Å²) < 4.78 is 0. The molecule has 0 radical (unpaired) electrons. The van der Waals surface area contributed by atoms with E-state index in [1.807, 2.05) is 4.90 Å². The molecule has 0 aromatic heterocycles. The molecule has 0 saturated heterocycles. The van der Waals surface area contributed by atoms with Gasteiger partial charge in [0.05, 0.1) is 12.0 Å². The van der Waals surface area contributed by atoms with Crippen LogP contribution in [0.15, 0.2) is 18.2 Å². The lowest BCUT2D eigenvalue weighted by atomic mass is 9.88. The van der Waals surface area contributed by atoms with Gasteiger partial charge in [0.2, 0.25) is 5.91 Å². The van der Waals surface area contributed by atoms with Crippen LogP contribution in [0.2, 0.25) is 0 Å². The fraction of sp³-hybridized carbons (Fsp3) is 0.529. The molecule has 2 aliphatic carbocycles. The highest BCUT2D eigenvalue weighted by Gasteiger charge is 2.41. The summed E-state index contributed by atoms with van der Waals surface area (Å²) in [5.74, 6) is 1.43. The monoisotopic (exact) mass is 285 g/mol. The third-order valence-electron chi connectivity index (χ3n) is 5.57. The van der Waals surface area contributed by atoms with E-state index in [4.69, 9.17) is 5.11 Å². The minimum absolute atomic E-state index is 0.121. The second-order valence-electron chi connectivity index (χ2n) is 6.76. The number of hydrogen-bond donors (Lipinski definition) is 1. The number of aromatic carboxylic acids is 1. The van der Waals surface area contributed by atoms with Gasteiger partial charge in [-0.15, -0.1) is 0 Å². The fourth-order valence-corrected chi connectivity index (χ4v) is 4.53. The minimum Gasteiger partial charge on any atom is -0.478 e. The predicted octanol–water partition coefficient (Wildman–Crippen LogP) is 2.71. The van der Waals surface area contributed by atoms with Crippen LogP contribution in [-0.2, 0) is 11.2 Å². The molecule has 1 amide bonds. The SMILES string of the molecule is O=C(O)c1ccc2c(c1)N(CC1CC3CCC1C3)C(=O)C2. The molecule has 1 aromatic carbocycles. The van der Waals surface area contributed by atoms with E-state index in [1.165, 1.54) is 25.7 Å². The molecule has 21 heavy (non-hydrogen) atoms. The van der Waals surface area contributed by atoms with Crippen LogP contribution in [0.3, 0.4) is 0 Å². The van der Waals surface area contributed by atoms with E-state index < -0.39 is 5.97 Å². The molecule has 1 heterocycles. The fourth-order valence-electron chi connectivity index (χ4n) is 4.53. The Morgan fingerprint density at radius 3 is 2.81 bits per heavy atom. The molecule has 2 bridgehead atoms. The molecule has 2 fully saturated rings. The van der Waals surface area contributed by atoms with E-state index in [0.29, 0.717) is 12.3 Å². The van der Waals surface area contributed by atoms with Crippen LogP contribution in [0.25, 0.3) is 0 Å². The Morgan fingerprint density at radius 1 is 1.29 bits per heavy atom. The summed E-state index contributed by atoms with van der Waals surface area (Å²) >= 11 is 0. The van der Waals surface area contributed by atoms with Gasteiger partial charge in [-0.25, -0.2) is 4.79 Å². The van der Waals surface area contributed by atoms with Crippen LogP contribution in [0.1, 0.15) is 41.6 Å². The Bertz CT molecular complexity index is 624. The third kappa shape index (κ3) is 2.04. The number of carboxylic acids is 1. The second-order valence-corrected chi connectivity index (χ2v) is 6.76. The summed E-state index contributed by atoms with van der Waals surface area (Å²) in [6.45, 7) is 0.774. The van der Waals surface area contributed by atoms with Crippen LogP contribution >= 0.6 is 0 Å². The zero-order valence-corrected chi connectivity index (χ0v) is 11.9. The van der Waals surface area contributed by atoms with Crippen molar-refractivity contribution in [3.63, 3.8) is 0 Å². The first kappa shape index (κ1) is 12.9. The van der Waals surface area contributed by atoms with Crippen molar-refractivity contribution in [2.75, 3.05) is 11.4 Å². The highest BCUT2D eigenvalue weighted by molar-refractivity contribution is 6.03. The van der Waals surface area contributed by atoms with Crippen LogP contribution in [-0.4, -0.2) is 23.5 Å². The maximum atomic E-state index is 12.3. The molecule has 0 spiro atoms. The molecule has 1 aromatic rings. The maximum Gasteiger partial charge on any atom is 0.335 e. The Kier molecular flexibility index (Phi) is 2.81. The number of anilines is 1. The summed E-state index contributed by atoms with van der Waals surface area (Å²) in [6, 6.07) is 5.04. The van der Waals surface area contributed by atoms with Gasteiger partial charge in [0.15, 0.2) is 0 Å². The van der Waals surface area contributed by atoms with Gasteiger partial charge in [-0.1, -0.05) is 12.5 Å². The number of carbonyl (C=O) groups excluding carboxylic acids is 1. The predicted molar refractivity (Wildman–Crippen MR) is 78.4 cm³/mol. The van der Waals surface area contributed by atoms with Crippen molar-refractivity contribution in [3.8, 4) is 0 Å². The summed E-state index contributed by atoms with van der Waals surface area (Å²) in [5, 5.41) is 9.13. The summed E-state index contributed by atoms with van der Waals surface area (Å²) in [7, 11) is 0. The first-order valence-corrected chi connectivity index (χ1v) is 7.78. The van der Waals surface area contributed by atoms with E-state index >= 15 is 0 Å². The van der Waals surface area contributed by atoms with Crippen LogP contribution in [0.5, 0.6) is 0 Å². The van der Waals surface area contributed by atoms with E-state index in [2.05, 4.69) is 0 Å². The standard InChI is InChI=1S/C17H19NO3/c19-16-8-12-3-4-13(17(20)21)7-15(12)18(16)9-14-6-10-1-2-11(14)5-10/h3-4,7,10-11,14H,1-2,5-6,8-9H2,(H,20,21). The Morgan fingerprint density at radius 2 is 2.14 bits per heavy atom. The molecule has 4 heteroatoms. The van der Waals surface area contributed by atoms with Gasteiger partial charge in [-0.2, -0.15) is 0 Å². The number of rotatable bonds is 3. The van der Waals surface area contributed by atoms with Gasteiger partial charge >= 0.3 is 5.97 Å². The van der Waals surface area contributed by atoms with Crippen molar-refractivity contribution in [2.45, 2.75) is 32.1 Å². The van der Waals surface area contributed by atoms with E-state index in [-0.39, 0.29) is 11.5 Å². The Hall–Kier alpha value is -1.84. The quantitative estimate of drug-likeness (QED) is 0.929. The first-order chi connectivity index (χ1) is 10.1. The molecule has 1 aliphatic heterocycles. The molecule has 3 unspecified atom stereocenters. The first-order valence-electron chi connectivity index (χ1n) is 7.78. The summed E-state index contributed by atoms with van der Waals surface area (Å²) in [6.07, 6.45) is 5.64. The van der Waals surface area contributed by atoms with Crippen molar-refractivity contribution in [2.24, 2.45) is 17.8 Å². The zero-order valence-electron chi connectivity index (χ0n) is 11.9. The lowest BCUT2D eigenvalue weighted by molar-refractivity contribution is -0.117. The number of carbonyl (C=O) groups is 2. The normalized spacial score (nSPS) is 30.0. The van der Waals surface area contributed by atoms with E-state index in [1.54, 1.807) is 18.2 Å². The van der Waals surface area contributed by atoms with Crippen molar-refractivity contribution < 1.29 is 14.7 Å². The van der Waals surface area contributed by atoms with Gasteiger partial charge in [-0.05, 0) is 54.7 Å². The minimum atomic E-state index is -0.933. The van der Waals surface area contributed by atoms with E-state index in [0.717, 1.165) is 29.6 Å². The molecule has 3 atom stereocenters. The molecular weight excluding hydrogens is 266 g/mol. The number of fused-ring (bicyclic) bond motifs is 3. The largest absolute Gasteiger partial charge is 0.478 e. The zero-order chi connectivity index (χ0) is 14.6. The maximum absolute atomic E-state index is 12.3. The molecule has 2 saturated carbocycles. The molecule has 4 rings (SSSR count). The molecule has 3 aliphatic rings. The summed E-state index contributed by atoms with van der Waals surface area (Å²) in [4.78, 5) is 25.3. The number of hydrogen-bond acceptors (Lipinski definition) is 2. The van der Waals surface area contributed by atoms with Crippen molar-refractivity contribution >= 4 is 17.6 Å². The Labute approximate surface area is 123 Å². The molecule has 4 nitrogen and oxygen atoms in total. The third-order valence-corrected chi connectivity index (χ3v) is 5.57. The van der Waals surface area contributed by atoms with Gasteiger partial charge in [-0.3, -0.25) is 4.79 Å². The number of nitrogens with zero attached hydrogens (tertiary/aromatic N) is 1. The van der Waals surface area contributed by atoms with Crippen molar-refractivity contribution in [1.29, 1.82) is 0 Å². The average Bonchev–Trinajstić information content (AvgIpc) is 3.14. The van der Waals surface area contributed by atoms with Crippen LogP contribution in [0, 0.1) is 17.8 Å². The summed E-state index contributed by atoms with van der Waals surface area (Å²) in [5.41, 5.74) is 2.05. The van der Waals surface area contributed by atoms with Gasteiger partial charge < -0.3 is 10.0 Å². The van der Waals surface area contributed by atoms with Gasteiger partial charge in [0, 0.05) is 12.2 Å². The van der Waals surface area contributed by atoms with Crippen LogP contribution in [0.4, 0.5) is 5.69 Å². The highest BCUT2D eigenvalue weighted by atomic mass is 16.4. The number of amides is 1. The topological polar surface area (TPSA) is 57.6 Å². The average molecular weight is 285 g/mol. The molecular formula is C17H19NO3. The lowest BCUT2D eigenvalue weighted by Gasteiger charge is -2.27. The lowest BCUT2D eigenvalue weighted by Crippen LogP contribution is -2.34. The van der Waals surface area contributed by atoms with Crippen molar-refractivity contribution in [1.82, 2.24) is 0 Å². The smallest absolute Gasteiger partial charge is 0.335 e. The van der Waals surface area contributed by atoms with Crippen molar-refractivity contribution in [3.05, 3.63) is 29.3 Å².